The Hall–Kier alpha value is -1.31. The number of carboxylic acid groups (broad SMARTS) is 1. The van der Waals surface area contributed by atoms with Gasteiger partial charge in [-0.1, -0.05) is 52.0 Å². The molecule has 0 heterocycles. The summed E-state index contributed by atoms with van der Waals surface area (Å²) in [6, 6.07) is 8.42. The van der Waals surface area contributed by atoms with Crippen LogP contribution in [-0.4, -0.2) is 11.1 Å². The highest BCUT2D eigenvalue weighted by Gasteiger charge is 2.17. The summed E-state index contributed by atoms with van der Waals surface area (Å²) >= 11 is 0. The fourth-order valence-electron chi connectivity index (χ4n) is 2.27. The topological polar surface area (TPSA) is 37.3 Å². The van der Waals surface area contributed by atoms with Gasteiger partial charge in [-0.05, 0) is 35.3 Å². The smallest absolute Gasteiger partial charge is 0.303 e. The molecule has 1 rings (SSSR count). The van der Waals surface area contributed by atoms with Gasteiger partial charge in [0.15, 0.2) is 0 Å². The van der Waals surface area contributed by atoms with Crippen LogP contribution in [0.5, 0.6) is 0 Å². The number of benzene rings is 1. The van der Waals surface area contributed by atoms with Gasteiger partial charge in [0.1, 0.15) is 0 Å². The number of rotatable bonds is 6. The largest absolute Gasteiger partial charge is 0.481 e. The molecule has 0 saturated carbocycles. The first-order valence-corrected chi connectivity index (χ1v) is 6.71. The van der Waals surface area contributed by atoms with Gasteiger partial charge in [0, 0.05) is 0 Å². The van der Waals surface area contributed by atoms with Gasteiger partial charge in [-0.15, -0.1) is 0 Å². The molecule has 0 fully saturated rings. The molecule has 0 aliphatic carbocycles. The van der Waals surface area contributed by atoms with Crippen molar-refractivity contribution in [3.63, 3.8) is 0 Å². The average Bonchev–Trinajstić information content (AvgIpc) is 2.27. The van der Waals surface area contributed by atoms with Crippen molar-refractivity contribution in [1.82, 2.24) is 0 Å². The molecule has 0 spiro atoms. The summed E-state index contributed by atoms with van der Waals surface area (Å²) < 4.78 is 0. The lowest BCUT2D eigenvalue weighted by Gasteiger charge is -2.18. The van der Waals surface area contributed by atoms with Crippen LogP contribution in [0.2, 0.25) is 0 Å². The minimum absolute atomic E-state index is 0.128. The molecule has 18 heavy (non-hydrogen) atoms. The molecule has 0 aliphatic heterocycles. The van der Waals surface area contributed by atoms with E-state index in [-0.39, 0.29) is 12.3 Å². The third-order valence-corrected chi connectivity index (χ3v) is 3.25. The second-order valence-corrected chi connectivity index (χ2v) is 5.75. The lowest BCUT2D eigenvalue weighted by Crippen LogP contribution is -2.09. The molecule has 0 aliphatic rings. The Balaban J connectivity index is 2.87. The van der Waals surface area contributed by atoms with Crippen LogP contribution in [0.3, 0.4) is 0 Å². The molecule has 0 aromatic heterocycles. The summed E-state index contributed by atoms with van der Waals surface area (Å²) in [4.78, 5) is 10.9. The zero-order valence-corrected chi connectivity index (χ0v) is 11.8. The molecule has 100 valence electrons. The van der Waals surface area contributed by atoms with Crippen LogP contribution < -0.4 is 0 Å². The van der Waals surface area contributed by atoms with Crippen molar-refractivity contribution in [3.8, 4) is 0 Å². The van der Waals surface area contributed by atoms with E-state index in [1.165, 1.54) is 5.56 Å². The molecule has 1 aromatic carbocycles. The zero-order valence-electron chi connectivity index (χ0n) is 11.8. The van der Waals surface area contributed by atoms with Crippen molar-refractivity contribution < 1.29 is 9.90 Å². The van der Waals surface area contributed by atoms with Gasteiger partial charge >= 0.3 is 5.97 Å². The van der Waals surface area contributed by atoms with E-state index in [2.05, 4.69) is 52.0 Å². The van der Waals surface area contributed by atoms with Crippen LogP contribution in [-0.2, 0) is 4.79 Å². The standard InChI is InChI=1S/C16H24O2/c1-11(2)9-15(10-16(17)18)14-7-5-13(6-8-14)12(3)4/h5-8,11-12,15H,9-10H2,1-4H3,(H,17,18). The maximum Gasteiger partial charge on any atom is 0.303 e. The van der Waals surface area contributed by atoms with E-state index in [0.717, 1.165) is 12.0 Å². The van der Waals surface area contributed by atoms with Gasteiger partial charge < -0.3 is 5.11 Å². The van der Waals surface area contributed by atoms with E-state index in [1.807, 2.05) is 0 Å². The van der Waals surface area contributed by atoms with Gasteiger partial charge in [-0.2, -0.15) is 0 Å². The molecular weight excluding hydrogens is 224 g/mol. The Morgan fingerprint density at radius 2 is 1.56 bits per heavy atom. The minimum atomic E-state index is -0.714. The Morgan fingerprint density at radius 1 is 1.06 bits per heavy atom. The molecule has 1 aromatic rings. The normalized spacial score (nSPS) is 13.0. The number of hydrogen-bond donors (Lipinski definition) is 1. The molecule has 0 radical (unpaired) electrons. The van der Waals surface area contributed by atoms with Crippen LogP contribution in [0.1, 0.15) is 63.5 Å². The van der Waals surface area contributed by atoms with Crippen LogP contribution in [0.15, 0.2) is 24.3 Å². The Labute approximate surface area is 110 Å². The van der Waals surface area contributed by atoms with Crippen molar-refractivity contribution in [2.75, 3.05) is 0 Å². The van der Waals surface area contributed by atoms with E-state index in [1.54, 1.807) is 0 Å². The van der Waals surface area contributed by atoms with Crippen molar-refractivity contribution in [1.29, 1.82) is 0 Å². The van der Waals surface area contributed by atoms with E-state index in [9.17, 15) is 4.79 Å². The zero-order chi connectivity index (χ0) is 13.7. The van der Waals surface area contributed by atoms with Crippen molar-refractivity contribution in [2.24, 2.45) is 5.92 Å². The third kappa shape index (κ3) is 4.52. The molecule has 2 heteroatoms. The van der Waals surface area contributed by atoms with E-state index in [0.29, 0.717) is 11.8 Å². The predicted octanol–water partition coefficient (Wildman–Crippen LogP) is 4.41. The van der Waals surface area contributed by atoms with Gasteiger partial charge in [-0.25, -0.2) is 0 Å². The predicted molar refractivity (Wildman–Crippen MR) is 75.0 cm³/mol. The van der Waals surface area contributed by atoms with E-state index < -0.39 is 5.97 Å². The highest BCUT2D eigenvalue weighted by atomic mass is 16.4. The first-order valence-electron chi connectivity index (χ1n) is 6.71. The first kappa shape index (κ1) is 14.7. The number of aliphatic carboxylic acids is 1. The highest BCUT2D eigenvalue weighted by Crippen LogP contribution is 2.28. The maximum absolute atomic E-state index is 10.9. The van der Waals surface area contributed by atoms with Crippen molar-refractivity contribution in [3.05, 3.63) is 35.4 Å². The molecule has 1 atom stereocenters. The first-order chi connectivity index (χ1) is 8.40. The lowest BCUT2D eigenvalue weighted by molar-refractivity contribution is -0.137. The van der Waals surface area contributed by atoms with Crippen molar-refractivity contribution >= 4 is 5.97 Å². The number of carboxylic acids is 1. The van der Waals surface area contributed by atoms with Crippen molar-refractivity contribution in [2.45, 2.75) is 52.4 Å². The monoisotopic (exact) mass is 248 g/mol. The number of carbonyl (C=O) groups is 1. The van der Waals surface area contributed by atoms with Gasteiger partial charge in [0.2, 0.25) is 0 Å². The van der Waals surface area contributed by atoms with Gasteiger partial charge in [0.25, 0.3) is 0 Å². The third-order valence-electron chi connectivity index (χ3n) is 3.25. The summed E-state index contributed by atoms with van der Waals surface area (Å²) in [7, 11) is 0. The summed E-state index contributed by atoms with van der Waals surface area (Å²) in [5.41, 5.74) is 2.45. The lowest BCUT2D eigenvalue weighted by atomic mass is 9.87. The quantitative estimate of drug-likeness (QED) is 0.809. The summed E-state index contributed by atoms with van der Waals surface area (Å²) in [6.07, 6.45) is 1.15. The Morgan fingerprint density at radius 3 is 1.94 bits per heavy atom. The SMILES string of the molecule is CC(C)CC(CC(=O)O)c1ccc(C(C)C)cc1. The minimum Gasteiger partial charge on any atom is -0.481 e. The maximum atomic E-state index is 10.9. The number of hydrogen-bond acceptors (Lipinski definition) is 1. The molecule has 1 N–H and O–H groups in total. The second-order valence-electron chi connectivity index (χ2n) is 5.75. The summed E-state index contributed by atoms with van der Waals surface area (Å²) in [5, 5.41) is 9.00. The summed E-state index contributed by atoms with van der Waals surface area (Å²) in [5.74, 6) is 0.443. The molecule has 2 nitrogen and oxygen atoms in total. The van der Waals surface area contributed by atoms with E-state index >= 15 is 0 Å². The van der Waals surface area contributed by atoms with Gasteiger partial charge in [0.05, 0.1) is 6.42 Å². The van der Waals surface area contributed by atoms with Crippen LogP contribution in [0.25, 0.3) is 0 Å². The average molecular weight is 248 g/mol. The molecule has 0 saturated heterocycles. The highest BCUT2D eigenvalue weighted by molar-refractivity contribution is 5.68. The van der Waals surface area contributed by atoms with Crippen LogP contribution in [0.4, 0.5) is 0 Å². The van der Waals surface area contributed by atoms with Crippen LogP contribution in [0, 0.1) is 5.92 Å². The fraction of sp³-hybridized carbons (Fsp3) is 0.562. The molecular formula is C16H24O2. The molecule has 0 amide bonds. The van der Waals surface area contributed by atoms with Gasteiger partial charge in [-0.3, -0.25) is 4.79 Å². The molecule has 0 bridgehead atoms. The fourth-order valence-corrected chi connectivity index (χ4v) is 2.27. The molecule has 1 unspecified atom stereocenters. The Kier molecular flexibility index (Phi) is 5.39. The van der Waals surface area contributed by atoms with E-state index in [4.69, 9.17) is 5.11 Å². The summed E-state index contributed by atoms with van der Waals surface area (Å²) in [6.45, 7) is 8.60. The second kappa shape index (κ2) is 6.58. The van der Waals surface area contributed by atoms with Crippen LogP contribution >= 0.6 is 0 Å². The Bertz CT molecular complexity index is 377.